The summed E-state index contributed by atoms with van der Waals surface area (Å²) in [6.07, 6.45) is 0. The summed E-state index contributed by atoms with van der Waals surface area (Å²) >= 11 is 1.36. The quantitative estimate of drug-likeness (QED) is 0.610. The first kappa shape index (κ1) is 18.2. The number of nitrogens with zero attached hydrogens (tertiary/aromatic N) is 3. The van der Waals surface area contributed by atoms with Crippen molar-refractivity contribution in [2.45, 2.75) is 19.5 Å². The van der Waals surface area contributed by atoms with Crippen LogP contribution in [-0.4, -0.2) is 27.9 Å². The highest BCUT2D eigenvalue weighted by Gasteiger charge is 2.43. The number of imide groups is 1. The fraction of sp³-hybridized carbons (Fsp3) is 0.150. The molecule has 28 heavy (non-hydrogen) atoms. The van der Waals surface area contributed by atoms with Crippen molar-refractivity contribution in [2.75, 3.05) is 4.90 Å². The van der Waals surface area contributed by atoms with Gasteiger partial charge in [0, 0.05) is 16.6 Å². The topological polar surface area (TPSA) is 53.5 Å². The third kappa shape index (κ3) is 3.27. The molecule has 1 aliphatic rings. The molecule has 0 aliphatic carbocycles. The summed E-state index contributed by atoms with van der Waals surface area (Å²) < 4.78 is 26.2. The molecule has 1 fully saturated rings. The third-order valence-electron chi connectivity index (χ3n) is 4.52. The van der Waals surface area contributed by atoms with Gasteiger partial charge in [0.25, 0.3) is 5.91 Å². The Morgan fingerprint density at radius 1 is 1.00 bits per heavy atom. The number of rotatable bonds is 4. The number of hydrogen-bond acceptors (Lipinski definition) is 4. The van der Waals surface area contributed by atoms with Gasteiger partial charge in [0.2, 0.25) is 0 Å². The number of thiazole rings is 1. The minimum absolute atomic E-state index is 0.0391. The highest BCUT2D eigenvalue weighted by molar-refractivity contribution is 7.13. The zero-order valence-electron chi connectivity index (χ0n) is 14.8. The van der Waals surface area contributed by atoms with E-state index in [1.54, 1.807) is 24.4 Å². The number of aromatic nitrogens is 1. The largest absolute Gasteiger partial charge is 0.332 e. The molecule has 1 aromatic heterocycles. The fourth-order valence-electron chi connectivity index (χ4n) is 3.07. The lowest BCUT2D eigenvalue weighted by atomic mass is 10.2. The predicted octanol–water partition coefficient (Wildman–Crippen LogP) is 4.45. The summed E-state index contributed by atoms with van der Waals surface area (Å²) in [4.78, 5) is 32.3. The molecule has 0 spiro atoms. The molecule has 2 aromatic carbocycles. The molecule has 1 aliphatic heterocycles. The molecule has 142 valence electrons. The first-order valence-electron chi connectivity index (χ1n) is 8.54. The molecule has 8 heteroatoms. The van der Waals surface area contributed by atoms with Gasteiger partial charge in [-0.15, -0.1) is 11.3 Å². The van der Waals surface area contributed by atoms with Crippen molar-refractivity contribution in [2.24, 2.45) is 0 Å². The van der Waals surface area contributed by atoms with Crippen LogP contribution in [0.4, 0.5) is 19.3 Å². The van der Waals surface area contributed by atoms with E-state index < -0.39 is 17.9 Å². The lowest BCUT2D eigenvalue weighted by molar-refractivity contribution is -0.127. The Labute approximate surface area is 163 Å². The van der Waals surface area contributed by atoms with Crippen LogP contribution in [0.25, 0.3) is 10.6 Å². The lowest BCUT2D eigenvalue weighted by Crippen LogP contribution is -2.33. The second kappa shape index (κ2) is 7.12. The maximum atomic E-state index is 13.2. The lowest BCUT2D eigenvalue weighted by Gasteiger charge is -2.19. The number of amides is 3. The molecular formula is C20H15F2N3O2S. The fourth-order valence-corrected chi connectivity index (χ4v) is 3.89. The number of carbonyl (C=O) groups excluding carboxylic acids is 2. The van der Waals surface area contributed by atoms with E-state index >= 15 is 0 Å². The molecule has 2 heterocycles. The van der Waals surface area contributed by atoms with Gasteiger partial charge < -0.3 is 0 Å². The molecule has 3 amide bonds. The Kier molecular flexibility index (Phi) is 4.64. The van der Waals surface area contributed by atoms with Gasteiger partial charge in [-0.25, -0.2) is 18.6 Å². The van der Waals surface area contributed by atoms with Crippen molar-refractivity contribution < 1.29 is 18.4 Å². The Hall–Kier alpha value is -3.13. The van der Waals surface area contributed by atoms with E-state index in [-0.39, 0.29) is 18.3 Å². The summed E-state index contributed by atoms with van der Waals surface area (Å²) in [6, 6.07) is 10.2. The van der Waals surface area contributed by atoms with E-state index in [0.717, 1.165) is 10.5 Å². The predicted molar refractivity (Wildman–Crippen MR) is 102 cm³/mol. The SMILES string of the molecule is CC1C(=O)N(Cc2csc(-c3ccc(F)cc3)n2)C(=O)N1c1ccc(F)cc1. The van der Waals surface area contributed by atoms with Gasteiger partial charge in [0.05, 0.1) is 12.2 Å². The van der Waals surface area contributed by atoms with E-state index in [4.69, 9.17) is 0 Å². The van der Waals surface area contributed by atoms with Crippen LogP contribution in [0, 0.1) is 11.6 Å². The van der Waals surface area contributed by atoms with E-state index in [0.29, 0.717) is 16.4 Å². The molecule has 3 aromatic rings. The first-order valence-corrected chi connectivity index (χ1v) is 9.42. The van der Waals surface area contributed by atoms with Crippen LogP contribution in [0.2, 0.25) is 0 Å². The van der Waals surface area contributed by atoms with Crippen LogP contribution in [0.5, 0.6) is 0 Å². The molecule has 0 bridgehead atoms. The third-order valence-corrected chi connectivity index (χ3v) is 5.46. The first-order chi connectivity index (χ1) is 13.4. The minimum Gasteiger partial charge on any atom is -0.282 e. The standard InChI is InChI=1S/C20H15F2N3O2S/c1-12-19(26)24(20(27)25(12)17-8-6-15(22)7-9-17)10-16-11-28-18(23-16)13-2-4-14(21)5-3-13/h2-9,11-12H,10H2,1H3. The zero-order chi connectivity index (χ0) is 19.8. The molecule has 0 radical (unpaired) electrons. The zero-order valence-corrected chi connectivity index (χ0v) is 15.6. The van der Waals surface area contributed by atoms with Crippen molar-refractivity contribution in [1.29, 1.82) is 0 Å². The highest BCUT2D eigenvalue weighted by atomic mass is 32.1. The maximum Gasteiger partial charge on any atom is 0.332 e. The highest BCUT2D eigenvalue weighted by Crippen LogP contribution is 2.29. The van der Waals surface area contributed by atoms with Gasteiger partial charge in [0.15, 0.2) is 0 Å². The summed E-state index contributed by atoms with van der Waals surface area (Å²) in [5.74, 6) is -1.09. The summed E-state index contributed by atoms with van der Waals surface area (Å²) in [5, 5.41) is 2.45. The molecule has 1 saturated heterocycles. The molecule has 0 saturated carbocycles. The molecule has 5 nitrogen and oxygen atoms in total. The van der Waals surface area contributed by atoms with Gasteiger partial charge in [-0.05, 0) is 55.5 Å². The molecule has 1 atom stereocenters. The van der Waals surface area contributed by atoms with Gasteiger partial charge in [-0.3, -0.25) is 14.6 Å². The number of carbonyl (C=O) groups is 2. The molecule has 0 N–H and O–H groups in total. The van der Waals surface area contributed by atoms with Gasteiger partial charge in [-0.2, -0.15) is 0 Å². The Balaban J connectivity index is 1.55. The van der Waals surface area contributed by atoms with E-state index in [1.807, 2.05) is 0 Å². The van der Waals surface area contributed by atoms with Crippen LogP contribution in [0.15, 0.2) is 53.9 Å². The van der Waals surface area contributed by atoms with E-state index in [9.17, 15) is 18.4 Å². The smallest absolute Gasteiger partial charge is 0.282 e. The van der Waals surface area contributed by atoms with Crippen LogP contribution in [0.1, 0.15) is 12.6 Å². The molecule has 4 rings (SSSR count). The molecular weight excluding hydrogens is 384 g/mol. The average Bonchev–Trinajstić information content (AvgIpc) is 3.23. The van der Waals surface area contributed by atoms with Crippen LogP contribution >= 0.6 is 11.3 Å². The van der Waals surface area contributed by atoms with Crippen molar-refractivity contribution in [3.63, 3.8) is 0 Å². The van der Waals surface area contributed by atoms with Crippen molar-refractivity contribution >= 4 is 29.0 Å². The Bertz CT molecular complexity index is 1030. The normalized spacial score (nSPS) is 16.9. The van der Waals surface area contributed by atoms with E-state index in [2.05, 4.69) is 4.98 Å². The Morgan fingerprint density at radius 2 is 1.61 bits per heavy atom. The summed E-state index contributed by atoms with van der Waals surface area (Å²) in [6.45, 7) is 1.67. The Morgan fingerprint density at radius 3 is 2.25 bits per heavy atom. The summed E-state index contributed by atoms with van der Waals surface area (Å²) in [5.41, 5.74) is 1.79. The van der Waals surface area contributed by atoms with Gasteiger partial charge >= 0.3 is 6.03 Å². The van der Waals surface area contributed by atoms with Crippen LogP contribution < -0.4 is 4.90 Å². The number of halogens is 2. The van der Waals surface area contributed by atoms with Crippen LogP contribution in [-0.2, 0) is 11.3 Å². The van der Waals surface area contributed by atoms with Crippen molar-refractivity contribution in [3.05, 3.63) is 71.2 Å². The van der Waals surface area contributed by atoms with Crippen LogP contribution in [0.3, 0.4) is 0 Å². The number of benzene rings is 2. The van der Waals surface area contributed by atoms with Gasteiger partial charge in [0.1, 0.15) is 22.7 Å². The number of anilines is 1. The van der Waals surface area contributed by atoms with Crippen molar-refractivity contribution in [3.8, 4) is 10.6 Å². The van der Waals surface area contributed by atoms with E-state index in [1.165, 1.54) is 52.6 Å². The number of hydrogen-bond donors (Lipinski definition) is 0. The monoisotopic (exact) mass is 399 g/mol. The summed E-state index contributed by atoms with van der Waals surface area (Å²) in [7, 11) is 0. The minimum atomic E-state index is -0.687. The average molecular weight is 399 g/mol. The van der Waals surface area contributed by atoms with Crippen molar-refractivity contribution in [1.82, 2.24) is 9.88 Å². The van der Waals surface area contributed by atoms with Gasteiger partial charge in [-0.1, -0.05) is 0 Å². The maximum absolute atomic E-state index is 13.2. The number of urea groups is 1. The second-order valence-electron chi connectivity index (χ2n) is 6.38. The second-order valence-corrected chi connectivity index (χ2v) is 7.24. The molecule has 1 unspecified atom stereocenters.